The predicted octanol–water partition coefficient (Wildman–Crippen LogP) is 1.57. The van der Waals surface area contributed by atoms with Crippen molar-refractivity contribution in [2.45, 2.75) is 13.1 Å². The second-order valence-electron chi connectivity index (χ2n) is 2.84. The van der Waals surface area contributed by atoms with Gasteiger partial charge < -0.3 is 9.72 Å². The molecular formula is C9H8F3NO3. The standard InChI is InChI=1S/C9H8F3NO3/c1-2-16-8(15)5-3-7(14)13-4-6(5)9(10,11)12/h3-4H,2H2,1H3,(H,13,14). The van der Waals surface area contributed by atoms with Crippen LogP contribution in [0.3, 0.4) is 0 Å². The number of H-pyrrole nitrogens is 1. The summed E-state index contributed by atoms with van der Waals surface area (Å²) in [6, 6.07) is 0.570. The van der Waals surface area contributed by atoms with Crippen LogP contribution in [0.15, 0.2) is 17.1 Å². The fourth-order valence-corrected chi connectivity index (χ4v) is 1.08. The Bertz CT molecular complexity index is 450. The minimum absolute atomic E-state index is 0.0665. The average Bonchev–Trinajstić information content (AvgIpc) is 2.16. The number of nitrogens with one attached hydrogen (secondary N) is 1. The van der Waals surface area contributed by atoms with Crippen molar-refractivity contribution < 1.29 is 22.7 Å². The Morgan fingerprint density at radius 1 is 1.50 bits per heavy atom. The molecule has 7 heteroatoms. The van der Waals surface area contributed by atoms with E-state index in [0.29, 0.717) is 12.3 Å². The van der Waals surface area contributed by atoms with E-state index in [2.05, 4.69) is 4.74 Å². The maximum Gasteiger partial charge on any atom is 0.418 e. The quantitative estimate of drug-likeness (QED) is 0.791. The predicted molar refractivity (Wildman–Crippen MR) is 48.0 cm³/mol. The van der Waals surface area contributed by atoms with Crippen LogP contribution in [0, 0.1) is 0 Å². The summed E-state index contributed by atoms with van der Waals surface area (Å²) in [6.45, 7) is 1.39. The van der Waals surface area contributed by atoms with Crippen LogP contribution >= 0.6 is 0 Å². The van der Waals surface area contributed by atoms with Crippen molar-refractivity contribution in [3.05, 3.63) is 33.7 Å². The van der Waals surface area contributed by atoms with Gasteiger partial charge in [-0.1, -0.05) is 0 Å². The summed E-state index contributed by atoms with van der Waals surface area (Å²) in [5.41, 5.74) is -2.79. The van der Waals surface area contributed by atoms with E-state index < -0.39 is 28.8 Å². The second kappa shape index (κ2) is 4.38. The number of ether oxygens (including phenoxy) is 1. The Morgan fingerprint density at radius 2 is 2.12 bits per heavy atom. The topological polar surface area (TPSA) is 59.2 Å². The highest BCUT2D eigenvalue weighted by Gasteiger charge is 2.36. The lowest BCUT2D eigenvalue weighted by atomic mass is 10.1. The molecule has 0 aliphatic heterocycles. The van der Waals surface area contributed by atoms with Gasteiger partial charge in [0.15, 0.2) is 0 Å². The van der Waals surface area contributed by atoms with Crippen molar-refractivity contribution in [2.75, 3.05) is 6.61 Å². The number of aromatic amines is 1. The molecule has 0 aliphatic rings. The molecule has 0 saturated carbocycles. The molecule has 0 bridgehead atoms. The minimum Gasteiger partial charge on any atom is -0.462 e. The molecule has 0 saturated heterocycles. The molecular weight excluding hydrogens is 227 g/mol. The van der Waals surface area contributed by atoms with Gasteiger partial charge in [0.2, 0.25) is 5.56 Å². The Morgan fingerprint density at radius 3 is 2.62 bits per heavy atom. The summed E-state index contributed by atoms with van der Waals surface area (Å²) in [5, 5.41) is 0. The summed E-state index contributed by atoms with van der Waals surface area (Å²) in [5.74, 6) is -1.17. The summed E-state index contributed by atoms with van der Waals surface area (Å²) < 4.78 is 41.8. The number of carbonyl (C=O) groups excluding carboxylic acids is 1. The van der Waals surface area contributed by atoms with Crippen LogP contribution in [0.4, 0.5) is 13.2 Å². The van der Waals surface area contributed by atoms with E-state index in [1.807, 2.05) is 4.98 Å². The molecule has 0 amide bonds. The maximum atomic E-state index is 12.5. The molecule has 0 radical (unpaired) electrons. The first kappa shape index (κ1) is 12.3. The summed E-state index contributed by atoms with van der Waals surface area (Å²) in [6.07, 6.45) is -4.26. The molecule has 1 N–H and O–H groups in total. The molecule has 0 atom stereocenters. The summed E-state index contributed by atoms with van der Waals surface area (Å²) >= 11 is 0. The minimum atomic E-state index is -4.72. The molecule has 0 aromatic carbocycles. The van der Waals surface area contributed by atoms with Gasteiger partial charge in [-0.3, -0.25) is 4.79 Å². The van der Waals surface area contributed by atoms with Crippen LogP contribution in [-0.2, 0) is 10.9 Å². The number of aromatic nitrogens is 1. The molecule has 1 rings (SSSR count). The Labute approximate surface area is 88.0 Å². The normalized spacial score (nSPS) is 11.2. The highest BCUT2D eigenvalue weighted by molar-refractivity contribution is 5.91. The molecule has 88 valence electrons. The molecule has 1 aromatic rings. The zero-order valence-electron chi connectivity index (χ0n) is 8.22. The fourth-order valence-electron chi connectivity index (χ4n) is 1.08. The van der Waals surface area contributed by atoms with Gasteiger partial charge in [0.05, 0.1) is 17.7 Å². The molecule has 1 aromatic heterocycles. The third-order valence-electron chi connectivity index (χ3n) is 1.73. The highest BCUT2D eigenvalue weighted by atomic mass is 19.4. The molecule has 16 heavy (non-hydrogen) atoms. The van der Waals surface area contributed by atoms with Crippen molar-refractivity contribution in [1.29, 1.82) is 0 Å². The van der Waals surface area contributed by atoms with Gasteiger partial charge in [0.1, 0.15) is 0 Å². The maximum absolute atomic E-state index is 12.5. The van der Waals surface area contributed by atoms with Crippen LogP contribution in [-0.4, -0.2) is 17.6 Å². The SMILES string of the molecule is CCOC(=O)c1cc(=O)[nH]cc1C(F)(F)F. The number of esters is 1. The lowest BCUT2D eigenvalue weighted by Crippen LogP contribution is -2.20. The lowest BCUT2D eigenvalue weighted by molar-refractivity contribution is -0.138. The van der Waals surface area contributed by atoms with Crippen molar-refractivity contribution >= 4 is 5.97 Å². The lowest BCUT2D eigenvalue weighted by Gasteiger charge is -2.10. The highest BCUT2D eigenvalue weighted by Crippen LogP contribution is 2.30. The van der Waals surface area contributed by atoms with Gasteiger partial charge in [0, 0.05) is 12.3 Å². The molecule has 0 unspecified atom stereocenters. The van der Waals surface area contributed by atoms with Gasteiger partial charge in [-0.05, 0) is 6.92 Å². The summed E-state index contributed by atoms with van der Waals surface area (Å²) in [4.78, 5) is 23.9. The number of carbonyl (C=O) groups is 1. The third-order valence-corrected chi connectivity index (χ3v) is 1.73. The number of rotatable bonds is 2. The van der Waals surface area contributed by atoms with Gasteiger partial charge >= 0.3 is 12.1 Å². The van der Waals surface area contributed by atoms with E-state index in [0.717, 1.165) is 0 Å². The number of pyridine rings is 1. The first-order chi connectivity index (χ1) is 7.36. The van der Waals surface area contributed by atoms with Crippen molar-refractivity contribution in [2.24, 2.45) is 0 Å². The van der Waals surface area contributed by atoms with E-state index in [1.165, 1.54) is 6.92 Å². The zero-order valence-corrected chi connectivity index (χ0v) is 8.22. The number of alkyl halides is 3. The molecule has 0 aliphatic carbocycles. The largest absolute Gasteiger partial charge is 0.462 e. The second-order valence-corrected chi connectivity index (χ2v) is 2.84. The smallest absolute Gasteiger partial charge is 0.418 e. The zero-order chi connectivity index (χ0) is 12.3. The van der Waals surface area contributed by atoms with E-state index >= 15 is 0 Å². The van der Waals surface area contributed by atoms with Crippen molar-refractivity contribution in [3.8, 4) is 0 Å². The van der Waals surface area contributed by atoms with Crippen LogP contribution in [0.5, 0.6) is 0 Å². The molecule has 1 heterocycles. The molecule has 4 nitrogen and oxygen atoms in total. The first-order valence-electron chi connectivity index (χ1n) is 4.33. The van der Waals surface area contributed by atoms with Crippen LogP contribution in [0.1, 0.15) is 22.8 Å². The number of hydrogen-bond donors (Lipinski definition) is 1. The van der Waals surface area contributed by atoms with E-state index in [9.17, 15) is 22.8 Å². The average molecular weight is 235 g/mol. The van der Waals surface area contributed by atoms with Crippen molar-refractivity contribution in [1.82, 2.24) is 4.98 Å². The van der Waals surface area contributed by atoms with E-state index in [1.54, 1.807) is 0 Å². The molecule has 0 fully saturated rings. The van der Waals surface area contributed by atoms with Gasteiger partial charge in [0.25, 0.3) is 0 Å². The Balaban J connectivity index is 3.29. The van der Waals surface area contributed by atoms with Crippen molar-refractivity contribution in [3.63, 3.8) is 0 Å². The van der Waals surface area contributed by atoms with Gasteiger partial charge in [-0.25, -0.2) is 4.79 Å². The fraction of sp³-hybridized carbons (Fsp3) is 0.333. The number of halogens is 3. The van der Waals surface area contributed by atoms with Gasteiger partial charge in [-0.2, -0.15) is 13.2 Å². The third kappa shape index (κ3) is 2.62. The van der Waals surface area contributed by atoms with E-state index in [-0.39, 0.29) is 6.61 Å². The number of hydrogen-bond acceptors (Lipinski definition) is 3. The van der Waals surface area contributed by atoms with Gasteiger partial charge in [-0.15, -0.1) is 0 Å². The van der Waals surface area contributed by atoms with E-state index in [4.69, 9.17) is 0 Å². The Kier molecular flexibility index (Phi) is 3.36. The van der Waals surface area contributed by atoms with Crippen LogP contribution in [0.2, 0.25) is 0 Å². The first-order valence-corrected chi connectivity index (χ1v) is 4.33. The summed E-state index contributed by atoms with van der Waals surface area (Å²) in [7, 11) is 0. The Hall–Kier alpha value is -1.79. The molecule has 0 spiro atoms. The monoisotopic (exact) mass is 235 g/mol. The van der Waals surface area contributed by atoms with Crippen LogP contribution in [0.25, 0.3) is 0 Å². The van der Waals surface area contributed by atoms with Crippen LogP contribution < -0.4 is 5.56 Å².